The lowest BCUT2D eigenvalue weighted by atomic mass is 10.1. The Balaban J connectivity index is 1.99. The van der Waals surface area contributed by atoms with Crippen LogP contribution in [0.1, 0.15) is 18.4 Å². The second-order valence-electron chi connectivity index (χ2n) is 4.90. The van der Waals surface area contributed by atoms with Gasteiger partial charge in [-0.25, -0.2) is 4.99 Å². The predicted molar refractivity (Wildman–Crippen MR) is 84.4 cm³/mol. The summed E-state index contributed by atoms with van der Waals surface area (Å²) in [6, 6.07) is 20.5. The highest BCUT2D eigenvalue weighted by Gasteiger charge is 2.08. The van der Waals surface area contributed by atoms with Crippen LogP contribution in [0.3, 0.4) is 0 Å². The zero-order chi connectivity index (χ0) is 13.6. The van der Waals surface area contributed by atoms with Crippen molar-refractivity contribution in [2.24, 2.45) is 4.99 Å². The van der Waals surface area contributed by atoms with Gasteiger partial charge in [-0.3, -0.25) is 0 Å². The Bertz CT molecular complexity index is 604. The Labute approximate surface area is 119 Å². The molecule has 0 radical (unpaired) electrons. The molecular weight excluding hydrogens is 244 g/mol. The van der Waals surface area contributed by atoms with E-state index in [1.807, 2.05) is 36.4 Å². The van der Waals surface area contributed by atoms with E-state index in [0.29, 0.717) is 0 Å². The molecule has 20 heavy (non-hydrogen) atoms. The van der Waals surface area contributed by atoms with Gasteiger partial charge >= 0.3 is 0 Å². The maximum absolute atomic E-state index is 4.79. The molecule has 1 heterocycles. The van der Waals surface area contributed by atoms with Crippen LogP contribution in [0.5, 0.6) is 0 Å². The van der Waals surface area contributed by atoms with E-state index in [1.165, 1.54) is 12.1 Å². The Kier molecular flexibility index (Phi) is 3.93. The van der Waals surface area contributed by atoms with Crippen LogP contribution in [0.25, 0.3) is 0 Å². The quantitative estimate of drug-likeness (QED) is 0.828. The number of rotatable bonds is 3. The van der Waals surface area contributed by atoms with Gasteiger partial charge in [0.2, 0.25) is 0 Å². The first-order valence-corrected chi connectivity index (χ1v) is 7.05. The Morgan fingerprint density at radius 1 is 0.950 bits per heavy atom. The first-order valence-electron chi connectivity index (χ1n) is 7.05. The van der Waals surface area contributed by atoms with Gasteiger partial charge in [0.15, 0.2) is 0 Å². The molecule has 1 aliphatic rings. The highest BCUT2D eigenvalue weighted by Crippen LogP contribution is 2.16. The van der Waals surface area contributed by atoms with Crippen LogP contribution in [-0.4, -0.2) is 12.3 Å². The van der Waals surface area contributed by atoms with E-state index in [0.717, 1.165) is 29.9 Å². The minimum Gasteiger partial charge on any atom is -0.388 e. The highest BCUT2D eigenvalue weighted by atomic mass is 14.9. The smallest absolute Gasteiger partial charge is 0.0726 e. The number of para-hydroxylation sites is 1. The summed E-state index contributed by atoms with van der Waals surface area (Å²) >= 11 is 0. The lowest BCUT2D eigenvalue weighted by molar-refractivity contribution is 0.904. The van der Waals surface area contributed by atoms with Gasteiger partial charge in [0.05, 0.1) is 11.4 Å². The zero-order valence-electron chi connectivity index (χ0n) is 11.4. The molecule has 0 bridgehead atoms. The lowest BCUT2D eigenvalue weighted by Crippen LogP contribution is -2.07. The van der Waals surface area contributed by atoms with Crippen LogP contribution >= 0.6 is 0 Å². The average Bonchev–Trinajstić information content (AvgIpc) is 3.02. The number of hydrogen-bond acceptors (Lipinski definition) is 2. The fourth-order valence-electron chi connectivity index (χ4n) is 2.34. The number of nitrogens with zero attached hydrogens (tertiary/aromatic N) is 1. The molecular formula is C18H18N2. The van der Waals surface area contributed by atoms with Crippen LogP contribution in [-0.2, 0) is 0 Å². The van der Waals surface area contributed by atoms with E-state index < -0.39 is 0 Å². The van der Waals surface area contributed by atoms with Crippen LogP contribution in [0.15, 0.2) is 77.4 Å². The molecule has 2 nitrogen and oxygen atoms in total. The second-order valence-corrected chi connectivity index (χ2v) is 4.90. The monoisotopic (exact) mass is 262 g/mol. The summed E-state index contributed by atoms with van der Waals surface area (Å²) in [4.78, 5) is 4.79. The van der Waals surface area contributed by atoms with Crippen molar-refractivity contribution in [1.29, 1.82) is 0 Å². The van der Waals surface area contributed by atoms with Crippen LogP contribution in [0.2, 0.25) is 0 Å². The summed E-state index contributed by atoms with van der Waals surface area (Å²) in [5, 5.41) is 3.42. The Hall–Kier alpha value is -2.35. The molecule has 0 atom stereocenters. The van der Waals surface area contributed by atoms with Crippen molar-refractivity contribution in [1.82, 2.24) is 5.32 Å². The lowest BCUT2D eigenvalue weighted by Gasteiger charge is -2.05. The first kappa shape index (κ1) is 12.7. The topological polar surface area (TPSA) is 24.4 Å². The van der Waals surface area contributed by atoms with Gasteiger partial charge in [0.1, 0.15) is 0 Å². The molecule has 1 aliphatic heterocycles. The minimum absolute atomic E-state index is 0.987. The van der Waals surface area contributed by atoms with E-state index in [9.17, 15) is 0 Å². The summed E-state index contributed by atoms with van der Waals surface area (Å²) in [6.07, 6.45) is 4.50. The standard InChI is InChI=1S/C18H18N2/c1-3-8-15(9-4-1)18(14-17-12-7-13-19-17)20-16-10-5-2-6-11-16/h1-6,8-11,14,19H,7,12-13H2/b17-14-,20-18+. The largest absolute Gasteiger partial charge is 0.388 e. The van der Waals surface area contributed by atoms with E-state index >= 15 is 0 Å². The first-order chi connectivity index (χ1) is 9.92. The summed E-state index contributed by atoms with van der Waals surface area (Å²) in [5.74, 6) is 0. The van der Waals surface area contributed by atoms with Gasteiger partial charge in [0, 0.05) is 17.8 Å². The Morgan fingerprint density at radius 3 is 2.30 bits per heavy atom. The molecule has 0 spiro atoms. The molecule has 2 heteroatoms. The molecule has 3 rings (SSSR count). The van der Waals surface area contributed by atoms with Gasteiger partial charge in [-0.15, -0.1) is 0 Å². The number of aliphatic imine (C=N–C) groups is 1. The van der Waals surface area contributed by atoms with Crippen LogP contribution < -0.4 is 5.32 Å². The summed E-state index contributed by atoms with van der Waals surface area (Å²) in [6.45, 7) is 1.07. The predicted octanol–water partition coefficient (Wildman–Crippen LogP) is 4.07. The highest BCUT2D eigenvalue weighted by molar-refractivity contribution is 6.10. The maximum atomic E-state index is 4.79. The van der Waals surface area contributed by atoms with Crippen LogP contribution in [0, 0.1) is 0 Å². The van der Waals surface area contributed by atoms with Crippen molar-refractivity contribution in [3.05, 3.63) is 78.0 Å². The third-order valence-corrected chi connectivity index (χ3v) is 3.36. The summed E-state index contributed by atoms with van der Waals surface area (Å²) in [7, 11) is 0. The number of allylic oxidation sites excluding steroid dienone is 2. The van der Waals surface area contributed by atoms with Gasteiger partial charge < -0.3 is 5.32 Å². The van der Waals surface area contributed by atoms with E-state index in [1.54, 1.807) is 0 Å². The van der Waals surface area contributed by atoms with E-state index in [4.69, 9.17) is 4.99 Å². The number of benzene rings is 2. The van der Waals surface area contributed by atoms with E-state index in [2.05, 4.69) is 35.7 Å². The molecule has 2 aromatic carbocycles. The molecule has 1 N–H and O–H groups in total. The second kappa shape index (κ2) is 6.20. The normalized spacial score (nSPS) is 17.2. The van der Waals surface area contributed by atoms with Gasteiger partial charge in [-0.1, -0.05) is 48.5 Å². The fourth-order valence-corrected chi connectivity index (χ4v) is 2.34. The maximum Gasteiger partial charge on any atom is 0.0726 e. The van der Waals surface area contributed by atoms with E-state index in [-0.39, 0.29) is 0 Å². The molecule has 0 saturated carbocycles. The van der Waals surface area contributed by atoms with Gasteiger partial charge in [-0.05, 0) is 31.1 Å². The third-order valence-electron chi connectivity index (χ3n) is 3.36. The summed E-state index contributed by atoms with van der Waals surface area (Å²) in [5.41, 5.74) is 4.43. The van der Waals surface area contributed by atoms with Crippen molar-refractivity contribution in [2.75, 3.05) is 6.54 Å². The van der Waals surface area contributed by atoms with Gasteiger partial charge in [-0.2, -0.15) is 0 Å². The number of nitrogens with one attached hydrogen (secondary N) is 1. The number of hydrogen-bond donors (Lipinski definition) is 1. The molecule has 2 aromatic rings. The molecule has 0 aromatic heterocycles. The molecule has 0 aliphatic carbocycles. The third kappa shape index (κ3) is 3.15. The van der Waals surface area contributed by atoms with Crippen molar-refractivity contribution >= 4 is 11.4 Å². The van der Waals surface area contributed by atoms with Crippen LogP contribution in [0.4, 0.5) is 5.69 Å². The molecule has 1 fully saturated rings. The van der Waals surface area contributed by atoms with Crippen molar-refractivity contribution in [3.63, 3.8) is 0 Å². The zero-order valence-corrected chi connectivity index (χ0v) is 11.4. The SMILES string of the molecule is C(=C1\CCCN1)/C(=N\c1ccccc1)c1ccccc1. The average molecular weight is 262 g/mol. The van der Waals surface area contributed by atoms with Crippen molar-refractivity contribution in [2.45, 2.75) is 12.8 Å². The molecule has 1 saturated heterocycles. The van der Waals surface area contributed by atoms with Crippen molar-refractivity contribution < 1.29 is 0 Å². The fraction of sp³-hybridized carbons (Fsp3) is 0.167. The molecule has 0 unspecified atom stereocenters. The van der Waals surface area contributed by atoms with Gasteiger partial charge in [0.25, 0.3) is 0 Å². The molecule has 0 amide bonds. The van der Waals surface area contributed by atoms with Crippen molar-refractivity contribution in [3.8, 4) is 0 Å². The minimum atomic E-state index is 0.987. The molecule has 100 valence electrons. The summed E-state index contributed by atoms with van der Waals surface area (Å²) < 4.78 is 0. The Morgan fingerprint density at radius 2 is 1.65 bits per heavy atom.